The topological polar surface area (TPSA) is 75.4 Å². The zero-order chi connectivity index (χ0) is 21.1. The molecule has 160 valence electrons. The van der Waals surface area contributed by atoms with Crippen LogP contribution < -0.4 is 5.56 Å². The second-order valence-electron chi connectivity index (χ2n) is 8.66. The SMILES string of the molecule is O=C(CCC1CCC1)N1CCC(O)(Cn2cnc(-c3ccccc3F)cc2=O)CC1. The summed E-state index contributed by atoms with van der Waals surface area (Å²) >= 11 is 0. The van der Waals surface area contributed by atoms with Gasteiger partial charge in [0.25, 0.3) is 5.56 Å². The minimum Gasteiger partial charge on any atom is -0.388 e. The van der Waals surface area contributed by atoms with Crippen LogP contribution in [0.2, 0.25) is 0 Å². The largest absolute Gasteiger partial charge is 0.388 e. The maximum Gasteiger partial charge on any atom is 0.253 e. The van der Waals surface area contributed by atoms with Gasteiger partial charge >= 0.3 is 0 Å². The lowest BCUT2D eigenvalue weighted by Gasteiger charge is -2.38. The third-order valence-corrected chi connectivity index (χ3v) is 6.53. The predicted octanol–water partition coefficient (Wildman–Crippen LogP) is 2.98. The summed E-state index contributed by atoms with van der Waals surface area (Å²) in [6, 6.07) is 7.47. The number of aromatic nitrogens is 2. The molecule has 4 rings (SSSR count). The molecule has 0 atom stereocenters. The van der Waals surface area contributed by atoms with Gasteiger partial charge in [-0.25, -0.2) is 9.37 Å². The van der Waals surface area contributed by atoms with Gasteiger partial charge in [-0.15, -0.1) is 0 Å². The number of hydrogen-bond donors (Lipinski definition) is 1. The highest BCUT2D eigenvalue weighted by molar-refractivity contribution is 5.76. The van der Waals surface area contributed by atoms with Crippen LogP contribution in [-0.2, 0) is 11.3 Å². The minimum atomic E-state index is -1.06. The van der Waals surface area contributed by atoms with Gasteiger partial charge in [-0.2, -0.15) is 0 Å². The highest BCUT2D eigenvalue weighted by Crippen LogP contribution is 2.31. The lowest BCUT2D eigenvalue weighted by Crippen LogP contribution is -2.49. The van der Waals surface area contributed by atoms with Crippen LogP contribution in [-0.4, -0.2) is 44.2 Å². The van der Waals surface area contributed by atoms with Crippen LogP contribution in [0.3, 0.4) is 0 Å². The normalized spacial score (nSPS) is 18.8. The summed E-state index contributed by atoms with van der Waals surface area (Å²) in [4.78, 5) is 31.0. The molecule has 1 aliphatic carbocycles. The predicted molar refractivity (Wildman–Crippen MR) is 111 cm³/mol. The Labute approximate surface area is 175 Å². The maximum absolute atomic E-state index is 13.9. The molecule has 2 aromatic rings. The van der Waals surface area contributed by atoms with E-state index in [9.17, 15) is 19.1 Å². The van der Waals surface area contributed by atoms with Gasteiger partial charge < -0.3 is 10.0 Å². The average Bonchev–Trinajstić information content (AvgIpc) is 2.69. The van der Waals surface area contributed by atoms with E-state index in [-0.39, 0.29) is 29.3 Å². The third kappa shape index (κ3) is 4.61. The van der Waals surface area contributed by atoms with Gasteiger partial charge in [-0.05, 0) is 37.3 Å². The van der Waals surface area contributed by atoms with Crippen molar-refractivity contribution in [1.82, 2.24) is 14.5 Å². The molecule has 1 saturated carbocycles. The van der Waals surface area contributed by atoms with Crippen molar-refractivity contribution < 1.29 is 14.3 Å². The number of nitrogens with zero attached hydrogens (tertiary/aromatic N) is 3. The monoisotopic (exact) mass is 413 g/mol. The minimum absolute atomic E-state index is 0.112. The van der Waals surface area contributed by atoms with E-state index in [1.165, 1.54) is 42.3 Å². The van der Waals surface area contributed by atoms with E-state index in [4.69, 9.17) is 0 Å². The van der Waals surface area contributed by atoms with E-state index in [0.29, 0.717) is 38.3 Å². The number of piperidine rings is 1. The van der Waals surface area contributed by atoms with E-state index in [0.717, 1.165) is 6.42 Å². The van der Waals surface area contributed by atoms with Gasteiger partial charge in [0.15, 0.2) is 0 Å². The molecule has 1 saturated heterocycles. The lowest BCUT2D eigenvalue weighted by molar-refractivity contribution is -0.136. The Balaban J connectivity index is 1.35. The molecule has 30 heavy (non-hydrogen) atoms. The quantitative estimate of drug-likeness (QED) is 0.790. The number of halogens is 1. The number of benzene rings is 1. The van der Waals surface area contributed by atoms with Crippen LogP contribution in [0.5, 0.6) is 0 Å². The maximum atomic E-state index is 13.9. The second-order valence-corrected chi connectivity index (χ2v) is 8.66. The average molecular weight is 413 g/mol. The van der Waals surface area contributed by atoms with Crippen molar-refractivity contribution in [2.75, 3.05) is 13.1 Å². The van der Waals surface area contributed by atoms with Gasteiger partial charge in [0, 0.05) is 31.1 Å². The number of rotatable bonds is 6. The molecule has 2 fully saturated rings. The van der Waals surface area contributed by atoms with Gasteiger partial charge in [-0.1, -0.05) is 31.4 Å². The molecule has 1 aliphatic heterocycles. The van der Waals surface area contributed by atoms with Crippen LogP contribution in [0.25, 0.3) is 11.3 Å². The molecule has 0 unspecified atom stereocenters. The Morgan fingerprint density at radius 2 is 1.97 bits per heavy atom. The molecular weight excluding hydrogens is 385 g/mol. The third-order valence-electron chi connectivity index (χ3n) is 6.53. The highest BCUT2D eigenvalue weighted by Gasteiger charge is 2.34. The Morgan fingerprint density at radius 3 is 2.60 bits per heavy atom. The number of carbonyl (C=O) groups is 1. The molecule has 1 aromatic heterocycles. The molecule has 1 aromatic carbocycles. The molecule has 0 spiro atoms. The summed E-state index contributed by atoms with van der Waals surface area (Å²) in [7, 11) is 0. The summed E-state index contributed by atoms with van der Waals surface area (Å²) in [5.74, 6) is 0.439. The first kappa shape index (κ1) is 20.7. The van der Waals surface area contributed by atoms with E-state index in [2.05, 4.69) is 4.98 Å². The fraction of sp³-hybridized carbons (Fsp3) is 0.522. The molecule has 0 bridgehead atoms. The van der Waals surface area contributed by atoms with Crippen molar-refractivity contribution >= 4 is 5.91 Å². The molecule has 2 heterocycles. The summed E-state index contributed by atoms with van der Waals surface area (Å²) < 4.78 is 15.3. The Kier molecular flexibility index (Phi) is 5.99. The molecule has 6 nitrogen and oxygen atoms in total. The molecule has 7 heteroatoms. The van der Waals surface area contributed by atoms with E-state index >= 15 is 0 Å². The van der Waals surface area contributed by atoms with Crippen molar-refractivity contribution in [1.29, 1.82) is 0 Å². The first-order chi connectivity index (χ1) is 14.4. The summed E-state index contributed by atoms with van der Waals surface area (Å²) in [5.41, 5.74) is -0.853. The van der Waals surface area contributed by atoms with Crippen LogP contribution in [0, 0.1) is 11.7 Å². The van der Waals surface area contributed by atoms with Crippen molar-refractivity contribution in [3.63, 3.8) is 0 Å². The van der Waals surface area contributed by atoms with Crippen molar-refractivity contribution in [2.24, 2.45) is 5.92 Å². The smallest absolute Gasteiger partial charge is 0.253 e. The summed E-state index contributed by atoms with van der Waals surface area (Å²) in [5, 5.41) is 11.0. The zero-order valence-corrected chi connectivity index (χ0v) is 17.1. The Morgan fingerprint density at radius 1 is 1.23 bits per heavy atom. The summed E-state index contributed by atoms with van der Waals surface area (Å²) in [6.45, 7) is 1.10. The van der Waals surface area contributed by atoms with Gasteiger partial charge in [0.2, 0.25) is 5.91 Å². The van der Waals surface area contributed by atoms with E-state index < -0.39 is 11.4 Å². The van der Waals surface area contributed by atoms with E-state index in [1.54, 1.807) is 18.2 Å². The molecule has 1 N–H and O–H groups in total. The number of aliphatic hydroxyl groups is 1. The summed E-state index contributed by atoms with van der Waals surface area (Å²) in [6.07, 6.45) is 7.52. The first-order valence-corrected chi connectivity index (χ1v) is 10.8. The van der Waals surface area contributed by atoms with Gasteiger partial charge in [0.05, 0.1) is 24.2 Å². The molecule has 1 amide bonds. The Bertz CT molecular complexity index is 962. The fourth-order valence-corrected chi connectivity index (χ4v) is 4.28. The highest BCUT2D eigenvalue weighted by atomic mass is 19.1. The molecule has 0 radical (unpaired) electrons. The van der Waals surface area contributed by atoms with Crippen LogP contribution >= 0.6 is 0 Å². The Hall–Kier alpha value is -2.54. The van der Waals surface area contributed by atoms with Gasteiger partial charge in [-0.3, -0.25) is 14.2 Å². The number of likely N-dealkylation sites (tertiary alicyclic amines) is 1. The second kappa shape index (κ2) is 8.68. The van der Waals surface area contributed by atoms with Crippen molar-refractivity contribution in [2.45, 2.75) is 57.1 Å². The molecular formula is C23H28FN3O3. The van der Waals surface area contributed by atoms with Crippen molar-refractivity contribution in [3.05, 3.63) is 52.8 Å². The first-order valence-electron chi connectivity index (χ1n) is 10.8. The number of carbonyl (C=O) groups excluding carboxylic acids is 1. The van der Waals surface area contributed by atoms with E-state index in [1.807, 2.05) is 4.90 Å². The van der Waals surface area contributed by atoms with Crippen LogP contribution in [0.4, 0.5) is 4.39 Å². The standard InChI is InChI=1S/C23H28FN3O3/c24-19-7-2-1-6-18(19)20-14-22(29)27(16-25-20)15-23(30)10-12-26(13-11-23)21(28)9-8-17-4-3-5-17/h1-2,6-7,14,16-17,30H,3-5,8-13,15H2. The number of amides is 1. The van der Waals surface area contributed by atoms with Gasteiger partial charge in [0.1, 0.15) is 5.82 Å². The van der Waals surface area contributed by atoms with Crippen LogP contribution in [0.1, 0.15) is 44.9 Å². The lowest BCUT2D eigenvalue weighted by atomic mass is 9.82. The van der Waals surface area contributed by atoms with Crippen LogP contribution in [0.15, 0.2) is 41.5 Å². The molecule has 2 aliphatic rings. The van der Waals surface area contributed by atoms with Crippen molar-refractivity contribution in [3.8, 4) is 11.3 Å². The number of hydrogen-bond acceptors (Lipinski definition) is 4. The zero-order valence-electron chi connectivity index (χ0n) is 17.1. The fourth-order valence-electron chi connectivity index (χ4n) is 4.28.